The van der Waals surface area contributed by atoms with E-state index < -0.39 is 6.04 Å². The molecule has 1 aromatic carbocycles. The number of amides is 3. The summed E-state index contributed by atoms with van der Waals surface area (Å²) in [5.74, 6) is 0.355. The minimum absolute atomic E-state index is 0.00731. The summed E-state index contributed by atoms with van der Waals surface area (Å²) in [6, 6.07) is 6.87. The first kappa shape index (κ1) is 18.6. The zero-order valence-electron chi connectivity index (χ0n) is 17.0. The van der Waals surface area contributed by atoms with Crippen LogP contribution in [0.3, 0.4) is 0 Å². The number of hydrogen-bond donors (Lipinski definition) is 1. The number of fused-ring (bicyclic) bond motifs is 1. The Hall–Kier alpha value is -2.37. The Morgan fingerprint density at radius 1 is 1.17 bits per heavy atom. The van der Waals surface area contributed by atoms with Crippen molar-refractivity contribution in [3.8, 4) is 0 Å². The van der Waals surface area contributed by atoms with E-state index in [1.165, 1.54) is 19.3 Å². The maximum Gasteiger partial charge on any atom is 0.255 e. The Morgan fingerprint density at radius 2 is 1.93 bits per heavy atom. The zero-order valence-corrected chi connectivity index (χ0v) is 17.0. The quantitative estimate of drug-likeness (QED) is 0.852. The molecule has 6 heteroatoms. The van der Waals surface area contributed by atoms with Crippen molar-refractivity contribution < 1.29 is 14.4 Å². The third-order valence-electron chi connectivity index (χ3n) is 7.69. The van der Waals surface area contributed by atoms with Gasteiger partial charge in [-0.05, 0) is 55.1 Å². The number of likely N-dealkylation sites (tertiary alicyclic amines) is 1. The van der Waals surface area contributed by atoms with Gasteiger partial charge in [-0.2, -0.15) is 0 Å². The first-order valence-electron chi connectivity index (χ1n) is 11.0. The van der Waals surface area contributed by atoms with Gasteiger partial charge < -0.3 is 15.1 Å². The zero-order chi connectivity index (χ0) is 20.2. The Morgan fingerprint density at radius 3 is 2.62 bits per heavy atom. The van der Waals surface area contributed by atoms with Crippen LogP contribution < -0.4 is 5.32 Å². The van der Waals surface area contributed by atoms with E-state index in [-0.39, 0.29) is 30.3 Å². The molecule has 1 N–H and O–H groups in total. The fourth-order valence-corrected chi connectivity index (χ4v) is 5.47. The molecule has 2 aliphatic heterocycles. The predicted octanol–water partition coefficient (Wildman–Crippen LogP) is 2.50. The fraction of sp³-hybridized carbons (Fsp3) is 0.609. The van der Waals surface area contributed by atoms with Crippen molar-refractivity contribution in [2.24, 2.45) is 11.3 Å². The number of nitrogens with one attached hydrogen (secondary N) is 1. The van der Waals surface area contributed by atoms with E-state index in [9.17, 15) is 14.4 Å². The Balaban J connectivity index is 1.26. The molecule has 2 heterocycles. The summed E-state index contributed by atoms with van der Waals surface area (Å²) in [5, 5.41) is 2.85. The van der Waals surface area contributed by atoms with Crippen LogP contribution in [0.2, 0.25) is 0 Å². The van der Waals surface area contributed by atoms with Crippen LogP contribution in [0.1, 0.15) is 67.4 Å². The minimum atomic E-state index is -0.613. The summed E-state index contributed by atoms with van der Waals surface area (Å²) >= 11 is 0. The molecule has 0 aromatic heterocycles. The smallest absolute Gasteiger partial charge is 0.255 e. The van der Waals surface area contributed by atoms with Crippen LogP contribution in [0.25, 0.3) is 0 Å². The van der Waals surface area contributed by atoms with Crippen LogP contribution in [0.5, 0.6) is 0 Å². The van der Waals surface area contributed by atoms with E-state index >= 15 is 0 Å². The number of piperidine rings is 1. The highest BCUT2D eigenvalue weighted by molar-refractivity contribution is 6.05. The van der Waals surface area contributed by atoms with Gasteiger partial charge in [-0.1, -0.05) is 31.5 Å². The number of carbonyl (C=O) groups excluding carboxylic acids is 3. The molecule has 2 aliphatic carbocycles. The van der Waals surface area contributed by atoms with Gasteiger partial charge in [-0.3, -0.25) is 14.4 Å². The van der Waals surface area contributed by atoms with Crippen LogP contribution in [-0.4, -0.2) is 53.2 Å². The standard InChI is InChI=1S/C23H29N3O3/c1-15-9-12-25(14-23(15)10-4-11-23)19(27)13-24-21(28)20-17-5-2-3-6-18(17)22(29)26(20)16-7-8-16/h2-3,5-6,15-16,20H,4,7-14H2,1H3,(H,24,28)/t15-,20+/m0/s1. The fourth-order valence-electron chi connectivity index (χ4n) is 5.47. The molecule has 3 fully saturated rings. The summed E-state index contributed by atoms with van der Waals surface area (Å²) in [4.78, 5) is 42.3. The van der Waals surface area contributed by atoms with Gasteiger partial charge in [0, 0.05) is 24.7 Å². The third-order valence-corrected chi connectivity index (χ3v) is 7.69. The topological polar surface area (TPSA) is 69.7 Å². The van der Waals surface area contributed by atoms with Gasteiger partial charge in [-0.15, -0.1) is 0 Å². The van der Waals surface area contributed by atoms with E-state index in [0.29, 0.717) is 16.9 Å². The Bertz CT molecular complexity index is 859. The van der Waals surface area contributed by atoms with Crippen molar-refractivity contribution in [3.05, 3.63) is 35.4 Å². The second kappa shape index (κ2) is 6.85. The van der Waals surface area contributed by atoms with E-state index in [1.807, 2.05) is 23.1 Å². The monoisotopic (exact) mass is 395 g/mol. The van der Waals surface area contributed by atoms with Crippen LogP contribution in [0, 0.1) is 11.3 Å². The lowest BCUT2D eigenvalue weighted by Crippen LogP contribution is -2.55. The normalized spacial score (nSPS) is 27.6. The average molecular weight is 396 g/mol. The molecule has 0 bridgehead atoms. The SMILES string of the molecule is C[C@H]1CCN(C(=O)CNC(=O)[C@H]2c3ccccc3C(=O)N2C2CC2)CC12CCC2. The second-order valence-corrected chi connectivity index (χ2v) is 9.37. The molecule has 29 heavy (non-hydrogen) atoms. The number of rotatable bonds is 4. The second-order valence-electron chi connectivity index (χ2n) is 9.37. The van der Waals surface area contributed by atoms with Gasteiger partial charge in [-0.25, -0.2) is 0 Å². The van der Waals surface area contributed by atoms with Gasteiger partial charge in [0.25, 0.3) is 5.91 Å². The van der Waals surface area contributed by atoms with Crippen LogP contribution in [-0.2, 0) is 9.59 Å². The number of carbonyl (C=O) groups is 3. The predicted molar refractivity (Wildman–Crippen MR) is 108 cm³/mol. The summed E-state index contributed by atoms with van der Waals surface area (Å²) in [5.41, 5.74) is 1.68. The lowest BCUT2D eigenvalue weighted by atomic mass is 9.59. The first-order valence-corrected chi connectivity index (χ1v) is 11.0. The molecule has 2 saturated carbocycles. The van der Waals surface area contributed by atoms with Crippen molar-refractivity contribution in [1.82, 2.24) is 15.1 Å². The third kappa shape index (κ3) is 3.04. The molecule has 4 aliphatic rings. The summed E-state index contributed by atoms with van der Waals surface area (Å²) in [6.07, 6.45) is 6.60. The molecular formula is C23H29N3O3. The lowest BCUT2D eigenvalue weighted by Gasteiger charge is -2.53. The molecule has 2 atom stereocenters. The van der Waals surface area contributed by atoms with Crippen LogP contribution in [0.15, 0.2) is 24.3 Å². The highest BCUT2D eigenvalue weighted by atomic mass is 16.2. The number of nitrogens with zero attached hydrogens (tertiary/aromatic N) is 2. The van der Waals surface area contributed by atoms with Gasteiger partial charge in [0.2, 0.25) is 11.8 Å². The molecule has 154 valence electrons. The van der Waals surface area contributed by atoms with Crippen LogP contribution >= 0.6 is 0 Å². The highest BCUT2D eigenvalue weighted by Crippen LogP contribution is 2.50. The number of benzene rings is 1. The van der Waals surface area contributed by atoms with Gasteiger partial charge in [0.1, 0.15) is 6.04 Å². The molecule has 1 saturated heterocycles. The van der Waals surface area contributed by atoms with E-state index in [4.69, 9.17) is 0 Å². The lowest BCUT2D eigenvalue weighted by molar-refractivity contribution is -0.140. The summed E-state index contributed by atoms with van der Waals surface area (Å²) < 4.78 is 0. The maximum absolute atomic E-state index is 13.1. The van der Waals surface area contributed by atoms with Crippen molar-refractivity contribution in [2.75, 3.05) is 19.6 Å². The highest BCUT2D eigenvalue weighted by Gasteiger charge is 2.48. The summed E-state index contributed by atoms with van der Waals surface area (Å²) in [7, 11) is 0. The molecule has 6 nitrogen and oxygen atoms in total. The molecule has 1 spiro atoms. The minimum Gasteiger partial charge on any atom is -0.345 e. The largest absolute Gasteiger partial charge is 0.345 e. The van der Waals surface area contributed by atoms with Crippen molar-refractivity contribution in [3.63, 3.8) is 0 Å². The molecule has 0 unspecified atom stereocenters. The Kier molecular flexibility index (Phi) is 4.41. The Labute approximate surface area is 171 Å². The first-order chi connectivity index (χ1) is 14.0. The van der Waals surface area contributed by atoms with E-state index in [0.717, 1.165) is 37.9 Å². The molecule has 1 aromatic rings. The average Bonchev–Trinajstić information content (AvgIpc) is 3.49. The molecule has 0 radical (unpaired) electrons. The molecule has 3 amide bonds. The summed E-state index contributed by atoms with van der Waals surface area (Å²) in [6.45, 7) is 3.91. The van der Waals surface area contributed by atoms with Crippen molar-refractivity contribution >= 4 is 17.7 Å². The van der Waals surface area contributed by atoms with E-state index in [2.05, 4.69) is 12.2 Å². The number of hydrogen-bond acceptors (Lipinski definition) is 3. The van der Waals surface area contributed by atoms with Gasteiger partial charge >= 0.3 is 0 Å². The van der Waals surface area contributed by atoms with E-state index in [1.54, 1.807) is 11.0 Å². The van der Waals surface area contributed by atoms with Crippen molar-refractivity contribution in [2.45, 2.75) is 57.5 Å². The maximum atomic E-state index is 13.1. The van der Waals surface area contributed by atoms with Gasteiger partial charge in [0.05, 0.1) is 6.54 Å². The van der Waals surface area contributed by atoms with Crippen LogP contribution in [0.4, 0.5) is 0 Å². The van der Waals surface area contributed by atoms with Gasteiger partial charge in [0.15, 0.2) is 0 Å². The molecule has 5 rings (SSSR count). The molecular weight excluding hydrogens is 366 g/mol. The van der Waals surface area contributed by atoms with Crippen molar-refractivity contribution in [1.29, 1.82) is 0 Å².